The van der Waals surface area contributed by atoms with E-state index in [1.54, 1.807) is 0 Å². The van der Waals surface area contributed by atoms with Gasteiger partial charge in [0.25, 0.3) is 5.69 Å². The van der Waals surface area contributed by atoms with Crippen LogP contribution >= 0.6 is 23.8 Å². The molecular weight excluding hydrogens is 324 g/mol. The van der Waals surface area contributed by atoms with Crippen molar-refractivity contribution < 1.29 is 4.92 Å². The summed E-state index contributed by atoms with van der Waals surface area (Å²) in [6.07, 6.45) is 7.36. The first-order chi connectivity index (χ1) is 10.6. The van der Waals surface area contributed by atoms with Gasteiger partial charge in [0.15, 0.2) is 5.11 Å². The molecule has 1 aliphatic carbocycles. The molecular formula is C14H17ClN4O2S. The summed E-state index contributed by atoms with van der Waals surface area (Å²) in [4.78, 5) is 10.3. The molecule has 22 heavy (non-hydrogen) atoms. The van der Waals surface area contributed by atoms with Crippen LogP contribution in [-0.4, -0.2) is 22.3 Å². The van der Waals surface area contributed by atoms with Crippen LogP contribution in [0.5, 0.6) is 0 Å². The Hall–Kier alpha value is -1.73. The number of hydrogen-bond donors (Lipinski definition) is 2. The Labute approximate surface area is 139 Å². The van der Waals surface area contributed by atoms with Crippen molar-refractivity contribution in [2.24, 2.45) is 5.10 Å². The molecule has 1 aromatic carbocycles. The number of hydrazone groups is 1. The fourth-order valence-electron chi connectivity index (χ4n) is 2.37. The van der Waals surface area contributed by atoms with E-state index in [0.717, 1.165) is 12.8 Å². The molecule has 1 aliphatic rings. The van der Waals surface area contributed by atoms with E-state index in [1.165, 1.54) is 43.7 Å². The molecule has 8 heteroatoms. The van der Waals surface area contributed by atoms with Gasteiger partial charge in [-0.1, -0.05) is 30.9 Å². The number of thiocarbonyl (C=S) groups is 1. The molecule has 0 aliphatic heterocycles. The highest BCUT2D eigenvalue weighted by Crippen LogP contribution is 2.20. The van der Waals surface area contributed by atoms with E-state index in [4.69, 9.17) is 23.8 Å². The predicted octanol–water partition coefficient (Wildman–Crippen LogP) is 3.38. The molecule has 2 rings (SSSR count). The fourth-order valence-corrected chi connectivity index (χ4v) is 2.75. The maximum atomic E-state index is 10.7. The predicted molar refractivity (Wildman–Crippen MR) is 91.4 cm³/mol. The van der Waals surface area contributed by atoms with E-state index in [9.17, 15) is 10.1 Å². The first-order valence-corrected chi connectivity index (χ1v) is 7.88. The molecule has 2 N–H and O–H groups in total. The Morgan fingerprint density at radius 1 is 1.41 bits per heavy atom. The Morgan fingerprint density at radius 3 is 2.82 bits per heavy atom. The lowest BCUT2D eigenvalue weighted by Gasteiger charge is -2.23. The van der Waals surface area contributed by atoms with Crippen molar-refractivity contribution in [2.75, 3.05) is 0 Å². The van der Waals surface area contributed by atoms with Gasteiger partial charge in [0, 0.05) is 28.8 Å². The lowest BCUT2D eigenvalue weighted by atomic mass is 9.96. The third kappa shape index (κ3) is 4.92. The van der Waals surface area contributed by atoms with Crippen molar-refractivity contribution in [3.8, 4) is 0 Å². The van der Waals surface area contributed by atoms with Gasteiger partial charge in [-0.05, 0) is 31.1 Å². The second-order valence-electron chi connectivity index (χ2n) is 5.14. The van der Waals surface area contributed by atoms with Gasteiger partial charge in [0.1, 0.15) is 0 Å². The van der Waals surface area contributed by atoms with Crippen molar-refractivity contribution >= 4 is 40.8 Å². The molecule has 0 saturated heterocycles. The SMILES string of the molecule is O=[N+]([O-])c1ccc(Cl)c(/C=N\NC(=S)NC2CCCCC2)c1. The lowest BCUT2D eigenvalue weighted by Crippen LogP contribution is -2.40. The molecule has 1 aromatic rings. The lowest BCUT2D eigenvalue weighted by molar-refractivity contribution is -0.384. The quantitative estimate of drug-likeness (QED) is 0.380. The number of nitro groups is 1. The van der Waals surface area contributed by atoms with E-state index in [1.807, 2.05) is 0 Å². The molecule has 0 heterocycles. The number of rotatable bonds is 4. The molecule has 0 aromatic heterocycles. The van der Waals surface area contributed by atoms with Crippen LogP contribution in [0.3, 0.4) is 0 Å². The van der Waals surface area contributed by atoms with Crippen LogP contribution in [0, 0.1) is 10.1 Å². The second kappa shape index (κ2) is 8.05. The zero-order valence-electron chi connectivity index (χ0n) is 11.9. The zero-order valence-corrected chi connectivity index (χ0v) is 13.5. The average molecular weight is 341 g/mol. The van der Waals surface area contributed by atoms with Gasteiger partial charge in [-0.15, -0.1) is 0 Å². The number of nitrogens with zero attached hydrogens (tertiary/aromatic N) is 2. The van der Waals surface area contributed by atoms with Gasteiger partial charge in [-0.2, -0.15) is 5.10 Å². The fraction of sp³-hybridized carbons (Fsp3) is 0.429. The molecule has 118 valence electrons. The molecule has 0 unspecified atom stereocenters. The van der Waals surface area contributed by atoms with Crippen LogP contribution in [0.15, 0.2) is 23.3 Å². The highest BCUT2D eigenvalue weighted by Gasteiger charge is 2.13. The number of nitrogens with one attached hydrogen (secondary N) is 2. The standard InChI is InChI=1S/C14H17ClN4O2S/c15-13-7-6-12(19(20)21)8-10(13)9-16-18-14(22)17-11-4-2-1-3-5-11/h6-9,11H,1-5H2,(H2,17,18,22)/b16-9-. The molecule has 0 amide bonds. The summed E-state index contributed by atoms with van der Waals surface area (Å²) < 4.78 is 0. The Morgan fingerprint density at radius 2 is 2.14 bits per heavy atom. The van der Waals surface area contributed by atoms with Crippen molar-refractivity contribution in [3.63, 3.8) is 0 Å². The Kier molecular flexibility index (Phi) is 6.09. The average Bonchev–Trinajstić information content (AvgIpc) is 2.50. The normalized spacial score (nSPS) is 15.7. The number of nitro benzene ring substituents is 1. The third-order valence-corrected chi connectivity index (χ3v) is 4.05. The number of hydrogen-bond acceptors (Lipinski definition) is 4. The summed E-state index contributed by atoms with van der Waals surface area (Å²) in [7, 11) is 0. The van der Waals surface area contributed by atoms with Crippen LogP contribution in [0.25, 0.3) is 0 Å². The molecule has 0 radical (unpaired) electrons. The maximum absolute atomic E-state index is 10.7. The Bertz CT molecular complexity index is 588. The summed E-state index contributed by atoms with van der Waals surface area (Å²) >= 11 is 11.2. The van der Waals surface area contributed by atoms with Gasteiger partial charge in [0.2, 0.25) is 0 Å². The minimum atomic E-state index is -0.476. The summed E-state index contributed by atoms with van der Waals surface area (Å²) in [6.45, 7) is 0. The van der Waals surface area contributed by atoms with E-state index >= 15 is 0 Å². The van der Waals surface area contributed by atoms with E-state index < -0.39 is 4.92 Å². The summed E-state index contributed by atoms with van der Waals surface area (Å²) in [5, 5.41) is 18.8. The number of halogens is 1. The Balaban J connectivity index is 1.90. The minimum absolute atomic E-state index is 0.0336. The third-order valence-electron chi connectivity index (χ3n) is 3.50. The maximum Gasteiger partial charge on any atom is 0.270 e. The van der Waals surface area contributed by atoms with Gasteiger partial charge >= 0.3 is 0 Å². The first kappa shape index (κ1) is 16.6. The highest BCUT2D eigenvalue weighted by atomic mass is 35.5. The van der Waals surface area contributed by atoms with Crippen LogP contribution < -0.4 is 10.7 Å². The molecule has 0 atom stereocenters. The van der Waals surface area contributed by atoms with Crippen LogP contribution in [0.1, 0.15) is 37.7 Å². The second-order valence-corrected chi connectivity index (χ2v) is 5.96. The summed E-state index contributed by atoms with van der Waals surface area (Å²) in [6, 6.07) is 4.58. The zero-order chi connectivity index (χ0) is 15.9. The summed E-state index contributed by atoms with van der Waals surface area (Å²) in [5.74, 6) is 0. The number of non-ortho nitro benzene ring substituents is 1. The van der Waals surface area contributed by atoms with Crippen LogP contribution in [-0.2, 0) is 0 Å². The topological polar surface area (TPSA) is 79.6 Å². The van der Waals surface area contributed by atoms with E-state index in [-0.39, 0.29) is 5.69 Å². The highest BCUT2D eigenvalue weighted by molar-refractivity contribution is 7.80. The van der Waals surface area contributed by atoms with Gasteiger partial charge in [0.05, 0.1) is 11.1 Å². The van der Waals surface area contributed by atoms with Crippen LogP contribution in [0.2, 0.25) is 5.02 Å². The molecule has 6 nitrogen and oxygen atoms in total. The van der Waals surface area contributed by atoms with E-state index in [0.29, 0.717) is 21.7 Å². The smallest absolute Gasteiger partial charge is 0.270 e. The van der Waals surface area contributed by atoms with Gasteiger partial charge in [-0.3, -0.25) is 15.5 Å². The van der Waals surface area contributed by atoms with Crippen molar-refractivity contribution in [1.82, 2.24) is 10.7 Å². The van der Waals surface area contributed by atoms with Gasteiger partial charge in [-0.25, -0.2) is 0 Å². The molecule has 1 fully saturated rings. The van der Waals surface area contributed by atoms with Crippen LogP contribution in [0.4, 0.5) is 5.69 Å². The number of benzene rings is 1. The van der Waals surface area contributed by atoms with Crippen molar-refractivity contribution in [3.05, 3.63) is 38.9 Å². The molecule has 0 bridgehead atoms. The van der Waals surface area contributed by atoms with E-state index in [2.05, 4.69) is 15.8 Å². The van der Waals surface area contributed by atoms with Crippen molar-refractivity contribution in [2.45, 2.75) is 38.1 Å². The largest absolute Gasteiger partial charge is 0.359 e. The summed E-state index contributed by atoms with van der Waals surface area (Å²) in [5.41, 5.74) is 3.14. The van der Waals surface area contributed by atoms with Crippen molar-refractivity contribution in [1.29, 1.82) is 0 Å². The first-order valence-electron chi connectivity index (χ1n) is 7.10. The monoisotopic (exact) mass is 340 g/mol. The molecule has 0 spiro atoms. The molecule has 1 saturated carbocycles. The van der Waals surface area contributed by atoms with Gasteiger partial charge < -0.3 is 5.32 Å². The minimum Gasteiger partial charge on any atom is -0.359 e.